The summed E-state index contributed by atoms with van der Waals surface area (Å²) < 4.78 is 5.47. The predicted molar refractivity (Wildman–Crippen MR) is 62.1 cm³/mol. The summed E-state index contributed by atoms with van der Waals surface area (Å²) in [4.78, 5) is 4.58. The van der Waals surface area contributed by atoms with Crippen molar-refractivity contribution in [3.05, 3.63) is 16.1 Å². The molecule has 1 aliphatic heterocycles. The topological polar surface area (TPSA) is 48.1 Å². The summed E-state index contributed by atoms with van der Waals surface area (Å²) in [6.45, 7) is 2.54. The van der Waals surface area contributed by atoms with Crippen LogP contribution in [0.2, 0.25) is 0 Å². The summed E-state index contributed by atoms with van der Waals surface area (Å²) in [7, 11) is 0. The number of nitrogens with two attached hydrogens (primary N) is 1. The highest BCUT2D eigenvalue weighted by Gasteiger charge is 2.15. The molecule has 0 amide bonds. The molecule has 1 saturated heterocycles. The van der Waals surface area contributed by atoms with E-state index in [2.05, 4.69) is 10.4 Å². The summed E-state index contributed by atoms with van der Waals surface area (Å²) in [5, 5.41) is 3.38. The molecule has 4 heteroatoms. The van der Waals surface area contributed by atoms with Crippen LogP contribution in [0.15, 0.2) is 5.38 Å². The lowest BCUT2D eigenvalue weighted by Crippen LogP contribution is -2.19. The monoisotopic (exact) mass is 226 g/mol. The van der Waals surface area contributed by atoms with E-state index in [1.807, 2.05) is 0 Å². The van der Waals surface area contributed by atoms with Crippen molar-refractivity contribution in [3.8, 4) is 0 Å². The lowest BCUT2D eigenvalue weighted by Gasteiger charge is -2.20. The molecule has 1 aromatic rings. The van der Waals surface area contributed by atoms with Gasteiger partial charge in [-0.1, -0.05) is 0 Å². The van der Waals surface area contributed by atoms with Crippen LogP contribution in [0.25, 0.3) is 0 Å². The van der Waals surface area contributed by atoms with Gasteiger partial charge in [-0.15, -0.1) is 11.3 Å². The molecular formula is C11H18N2OS. The molecule has 2 N–H and O–H groups in total. The fourth-order valence-corrected chi connectivity index (χ4v) is 2.87. The van der Waals surface area contributed by atoms with Crippen LogP contribution in [0.1, 0.15) is 23.5 Å². The van der Waals surface area contributed by atoms with Gasteiger partial charge in [0.25, 0.3) is 0 Å². The van der Waals surface area contributed by atoms with Gasteiger partial charge in [0, 0.05) is 31.4 Å². The van der Waals surface area contributed by atoms with E-state index in [1.54, 1.807) is 11.3 Å². The van der Waals surface area contributed by atoms with Crippen LogP contribution in [-0.4, -0.2) is 24.7 Å². The Hall–Kier alpha value is -0.450. The molecule has 0 spiro atoms. The zero-order valence-electron chi connectivity index (χ0n) is 8.95. The van der Waals surface area contributed by atoms with Crippen LogP contribution in [0, 0.1) is 5.92 Å². The molecule has 0 bridgehead atoms. The van der Waals surface area contributed by atoms with Crippen LogP contribution in [0.3, 0.4) is 0 Å². The second-order valence-electron chi connectivity index (χ2n) is 4.06. The second kappa shape index (κ2) is 5.58. The molecule has 1 fully saturated rings. The molecule has 1 aliphatic rings. The van der Waals surface area contributed by atoms with E-state index >= 15 is 0 Å². The van der Waals surface area contributed by atoms with Crippen LogP contribution in [0.5, 0.6) is 0 Å². The Kier molecular flexibility index (Phi) is 4.11. The minimum absolute atomic E-state index is 0.677. The van der Waals surface area contributed by atoms with Crippen molar-refractivity contribution in [2.75, 3.05) is 19.8 Å². The van der Waals surface area contributed by atoms with E-state index in [0.717, 1.165) is 31.7 Å². The Bertz CT molecular complexity index is 295. The van der Waals surface area contributed by atoms with Gasteiger partial charge in [-0.3, -0.25) is 0 Å². The number of hydrogen-bond donors (Lipinski definition) is 1. The van der Waals surface area contributed by atoms with E-state index in [1.165, 1.54) is 17.8 Å². The van der Waals surface area contributed by atoms with Crippen molar-refractivity contribution < 1.29 is 4.74 Å². The van der Waals surface area contributed by atoms with Crippen LogP contribution in [0.4, 0.5) is 0 Å². The van der Waals surface area contributed by atoms with E-state index in [4.69, 9.17) is 10.5 Å². The number of rotatable bonds is 4. The fourth-order valence-electron chi connectivity index (χ4n) is 1.92. The molecule has 1 atom stereocenters. The quantitative estimate of drug-likeness (QED) is 0.848. The second-order valence-corrected chi connectivity index (χ2v) is 5.00. The van der Waals surface area contributed by atoms with E-state index in [-0.39, 0.29) is 0 Å². The average Bonchev–Trinajstić information content (AvgIpc) is 2.68. The fraction of sp³-hybridized carbons (Fsp3) is 0.727. The molecule has 15 heavy (non-hydrogen) atoms. The first kappa shape index (κ1) is 11.0. The van der Waals surface area contributed by atoms with Crippen molar-refractivity contribution in [1.29, 1.82) is 0 Å². The van der Waals surface area contributed by atoms with Gasteiger partial charge in [0.05, 0.1) is 10.7 Å². The zero-order valence-corrected chi connectivity index (χ0v) is 9.76. The summed E-state index contributed by atoms with van der Waals surface area (Å²) in [6.07, 6.45) is 4.46. The maximum atomic E-state index is 5.50. The Morgan fingerprint density at radius 3 is 3.27 bits per heavy atom. The minimum Gasteiger partial charge on any atom is -0.381 e. The maximum Gasteiger partial charge on any atom is 0.0931 e. The van der Waals surface area contributed by atoms with Gasteiger partial charge >= 0.3 is 0 Å². The largest absolute Gasteiger partial charge is 0.381 e. The molecule has 2 heterocycles. The SMILES string of the molecule is NCCc1csc(CC2CCCOC2)n1. The maximum absolute atomic E-state index is 5.50. The number of ether oxygens (including phenoxy) is 1. The Morgan fingerprint density at radius 1 is 1.60 bits per heavy atom. The summed E-state index contributed by atoms with van der Waals surface area (Å²) in [6, 6.07) is 0. The smallest absolute Gasteiger partial charge is 0.0931 e. The molecule has 0 radical (unpaired) electrons. The molecule has 0 saturated carbocycles. The number of aromatic nitrogens is 1. The Balaban J connectivity index is 1.86. The van der Waals surface area contributed by atoms with Crippen molar-refractivity contribution in [2.45, 2.75) is 25.7 Å². The first-order valence-electron chi connectivity index (χ1n) is 5.59. The van der Waals surface area contributed by atoms with Gasteiger partial charge in [0.1, 0.15) is 0 Å². The molecule has 3 nitrogen and oxygen atoms in total. The van der Waals surface area contributed by atoms with E-state index < -0.39 is 0 Å². The van der Waals surface area contributed by atoms with E-state index in [9.17, 15) is 0 Å². The third kappa shape index (κ3) is 3.26. The summed E-state index contributed by atoms with van der Waals surface area (Å²) in [5.74, 6) is 0.677. The van der Waals surface area contributed by atoms with Crippen molar-refractivity contribution in [1.82, 2.24) is 4.98 Å². The minimum atomic E-state index is 0.677. The number of nitrogens with zero attached hydrogens (tertiary/aromatic N) is 1. The van der Waals surface area contributed by atoms with Gasteiger partial charge in [-0.25, -0.2) is 4.98 Å². The molecule has 1 unspecified atom stereocenters. The molecule has 2 rings (SSSR count). The van der Waals surface area contributed by atoms with Gasteiger partial charge in [-0.2, -0.15) is 0 Å². The van der Waals surface area contributed by atoms with Crippen molar-refractivity contribution in [3.63, 3.8) is 0 Å². The third-order valence-corrected chi connectivity index (χ3v) is 3.64. The Morgan fingerprint density at radius 2 is 2.53 bits per heavy atom. The predicted octanol–water partition coefficient (Wildman–Crippen LogP) is 1.61. The lowest BCUT2D eigenvalue weighted by molar-refractivity contribution is 0.0550. The normalized spacial score (nSPS) is 21.8. The highest BCUT2D eigenvalue weighted by Crippen LogP contribution is 2.21. The third-order valence-electron chi connectivity index (χ3n) is 2.72. The molecular weight excluding hydrogens is 208 g/mol. The van der Waals surface area contributed by atoms with Crippen LogP contribution < -0.4 is 5.73 Å². The van der Waals surface area contributed by atoms with Crippen LogP contribution >= 0.6 is 11.3 Å². The standard InChI is InChI=1S/C11H18N2OS/c12-4-3-10-8-15-11(13-10)6-9-2-1-5-14-7-9/h8-9H,1-7,12H2. The average molecular weight is 226 g/mol. The van der Waals surface area contributed by atoms with Crippen LogP contribution in [-0.2, 0) is 17.6 Å². The van der Waals surface area contributed by atoms with E-state index in [0.29, 0.717) is 12.5 Å². The van der Waals surface area contributed by atoms with Crippen molar-refractivity contribution in [2.24, 2.45) is 11.7 Å². The van der Waals surface area contributed by atoms with Gasteiger partial charge in [0.2, 0.25) is 0 Å². The van der Waals surface area contributed by atoms with Gasteiger partial charge in [0.15, 0.2) is 0 Å². The van der Waals surface area contributed by atoms with Crippen molar-refractivity contribution >= 4 is 11.3 Å². The molecule has 1 aromatic heterocycles. The Labute approximate surface area is 94.7 Å². The first-order chi connectivity index (χ1) is 7.38. The zero-order chi connectivity index (χ0) is 10.5. The number of thiazole rings is 1. The lowest BCUT2D eigenvalue weighted by atomic mass is 9.99. The van der Waals surface area contributed by atoms with Gasteiger partial charge in [-0.05, 0) is 25.3 Å². The highest BCUT2D eigenvalue weighted by atomic mass is 32.1. The number of hydrogen-bond acceptors (Lipinski definition) is 4. The molecule has 0 aliphatic carbocycles. The molecule has 84 valence electrons. The molecule has 0 aromatic carbocycles. The van der Waals surface area contributed by atoms with Gasteiger partial charge < -0.3 is 10.5 Å². The first-order valence-corrected chi connectivity index (χ1v) is 6.47. The summed E-state index contributed by atoms with van der Waals surface area (Å²) in [5.41, 5.74) is 6.65. The highest BCUT2D eigenvalue weighted by molar-refractivity contribution is 7.09. The summed E-state index contributed by atoms with van der Waals surface area (Å²) >= 11 is 1.76.